The Morgan fingerprint density at radius 1 is 1.25 bits per heavy atom. The van der Waals surface area contributed by atoms with Crippen LogP contribution in [-0.2, 0) is 9.53 Å². The van der Waals surface area contributed by atoms with Crippen LogP contribution in [0.2, 0.25) is 0 Å². The zero-order chi connectivity index (χ0) is 14.3. The van der Waals surface area contributed by atoms with Crippen molar-refractivity contribution in [1.29, 1.82) is 0 Å². The molecule has 2 nitrogen and oxygen atoms in total. The maximum Gasteiger partial charge on any atom is 0.312 e. The lowest BCUT2D eigenvalue weighted by molar-refractivity contribution is -0.156. The molecule has 0 saturated carbocycles. The first kappa shape index (κ1) is 13.2. The predicted octanol–water partition coefficient (Wildman–Crippen LogP) is 4.43. The molecule has 2 aliphatic carbocycles. The maximum atomic E-state index is 12.2. The third-order valence-electron chi connectivity index (χ3n) is 3.89. The quantitative estimate of drug-likeness (QED) is 0.704. The molecule has 1 atom stereocenters. The van der Waals surface area contributed by atoms with E-state index in [-0.39, 0.29) is 12.1 Å². The molecule has 1 unspecified atom stereocenters. The molecule has 1 aromatic carbocycles. The van der Waals surface area contributed by atoms with Crippen LogP contribution in [0.15, 0.2) is 42.0 Å². The highest BCUT2D eigenvalue weighted by atomic mass is 16.5. The molecule has 0 aliphatic heterocycles. The first-order valence-electron chi connectivity index (χ1n) is 7.18. The number of fused-ring (bicyclic) bond motifs is 2. The molecule has 0 fully saturated rings. The Balaban J connectivity index is 2.00. The summed E-state index contributed by atoms with van der Waals surface area (Å²) in [5, 5.41) is 0. The lowest BCUT2D eigenvalue weighted by Gasteiger charge is -2.23. The lowest BCUT2D eigenvalue weighted by atomic mass is 9.96. The summed E-state index contributed by atoms with van der Waals surface area (Å²) in [6.07, 6.45) is 6.16. The first-order valence-corrected chi connectivity index (χ1v) is 7.18. The highest BCUT2D eigenvalue weighted by molar-refractivity contribution is 5.83. The van der Waals surface area contributed by atoms with Crippen LogP contribution in [-0.4, -0.2) is 5.97 Å². The summed E-state index contributed by atoms with van der Waals surface area (Å²) >= 11 is 0. The smallest absolute Gasteiger partial charge is 0.312 e. The van der Waals surface area contributed by atoms with E-state index in [1.165, 1.54) is 11.1 Å². The number of ether oxygens (including phenoxy) is 1. The molecule has 0 N–H and O–H groups in total. The molecular formula is C18H20O2. The van der Waals surface area contributed by atoms with Gasteiger partial charge in [-0.3, -0.25) is 4.79 Å². The topological polar surface area (TPSA) is 26.3 Å². The molecule has 0 spiro atoms. The van der Waals surface area contributed by atoms with E-state index in [1.54, 1.807) is 0 Å². The van der Waals surface area contributed by atoms with Gasteiger partial charge in [0.1, 0.15) is 0 Å². The molecule has 0 saturated heterocycles. The second kappa shape index (κ2) is 4.62. The highest BCUT2D eigenvalue weighted by Gasteiger charge is 2.35. The largest absolute Gasteiger partial charge is 0.452 e. The van der Waals surface area contributed by atoms with Gasteiger partial charge in [-0.1, -0.05) is 36.4 Å². The van der Waals surface area contributed by atoms with Crippen LogP contribution in [0.3, 0.4) is 0 Å². The van der Waals surface area contributed by atoms with Gasteiger partial charge in [-0.25, -0.2) is 0 Å². The summed E-state index contributed by atoms with van der Waals surface area (Å²) < 4.78 is 5.82. The minimum absolute atomic E-state index is 0.148. The Kier molecular flexibility index (Phi) is 3.04. The van der Waals surface area contributed by atoms with E-state index in [2.05, 4.69) is 30.4 Å². The molecule has 0 radical (unpaired) electrons. The molecule has 2 aliphatic rings. The van der Waals surface area contributed by atoms with E-state index in [0.717, 1.165) is 24.0 Å². The third kappa shape index (κ3) is 2.09. The molecule has 20 heavy (non-hydrogen) atoms. The summed E-state index contributed by atoms with van der Waals surface area (Å²) in [6.45, 7) is 5.67. The summed E-state index contributed by atoms with van der Waals surface area (Å²) in [4.78, 5) is 12.2. The highest BCUT2D eigenvalue weighted by Crippen LogP contribution is 2.47. The fraction of sp³-hybridized carbons (Fsp3) is 0.389. The third-order valence-corrected chi connectivity index (χ3v) is 3.89. The van der Waals surface area contributed by atoms with Gasteiger partial charge in [-0.05, 0) is 44.7 Å². The van der Waals surface area contributed by atoms with Crippen molar-refractivity contribution in [1.82, 2.24) is 0 Å². The van der Waals surface area contributed by atoms with Crippen LogP contribution >= 0.6 is 0 Å². The van der Waals surface area contributed by atoms with E-state index in [0.29, 0.717) is 0 Å². The number of benzene rings is 1. The van der Waals surface area contributed by atoms with E-state index < -0.39 is 5.41 Å². The van der Waals surface area contributed by atoms with E-state index in [9.17, 15) is 4.79 Å². The van der Waals surface area contributed by atoms with Gasteiger partial charge >= 0.3 is 5.97 Å². The minimum atomic E-state index is -0.476. The monoisotopic (exact) mass is 268 g/mol. The number of carbonyl (C=O) groups excluding carboxylic acids is 1. The summed E-state index contributed by atoms with van der Waals surface area (Å²) in [7, 11) is 0. The van der Waals surface area contributed by atoms with E-state index in [4.69, 9.17) is 4.74 Å². The van der Waals surface area contributed by atoms with Crippen LogP contribution in [0.1, 0.15) is 50.8 Å². The molecule has 1 aromatic rings. The number of rotatable bonds is 1. The molecular weight excluding hydrogens is 248 g/mol. The van der Waals surface area contributed by atoms with E-state index >= 15 is 0 Å². The fourth-order valence-corrected chi connectivity index (χ4v) is 2.80. The summed E-state index contributed by atoms with van der Waals surface area (Å²) in [5.74, 6) is -0.148. The number of hydrogen-bond acceptors (Lipinski definition) is 2. The molecule has 0 aromatic heterocycles. The molecule has 0 heterocycles. The molecule has 0 bridgehead atoms. The van der Waals surface area contributed by atoms with Crippen LogP contribution < -0.4 is 0 Å². The van der Waals surface area contributed by atoms with Gasteiger partial charge in [0, 0.05) is 11.1 Å². The van der Waals surface area contributed by atoms with Crippen molar-refractivity contribution in [3.05, 3.63) is 53.1 Å². The minimum Gasteiger partial charge on any atom is -0.452 e. The van der Waals surface area contributed by atoms with Gasteiger partial charge < -0.3 is 4.74 Å². The van der Waals surface area contributed by atoms with Crippen LogP contribution in [0, 0.1) is 5.41 Å². The number of allylic oxidation sites excluding steroid dienone is 2. The van der Waals surface area contributed by atoms with Gasteiger partial charge in [0.15, 0.2) is 6.10 Å². The molecule has 0 amide bonds. The Morgan fingerprint density at radius 3 is 2.75 bits per heavy atom. The second-order valence-electron chi connectivity index (χ2n) is 6.50. The van der Waals surface area contributed by atoms with Crippen molar-refractivity contribution < 1.29 is 9.53 Å². The van der Waals surface area contributed by atoms with Crippen molar-refractivity contribution >= 4 is 11.5 Å². The normalized spacial score (nSPS) is 20.6. The van der Waals surface area contributed by atoms with Gasteiger partial charge in [-0.15, -0.1) is 0 Å². The Labute approximate surface area is 120 Å². The predicted molar refractivity (Wildman–Crippen MR) is 80.0 cm³/mol. The zero-order valence-electron chi connectivity index (χ0n) is 12.3. The van der Waals surface area contributed by atoms with Crippen molar-refractivity contribution in [2.24, 2.45) is 5.41 Å². The van der Waals surface area contributed by atoms with Gasteiger partial charge in [0.05, 0.1) is 5.41 Å². The Hall–Kier alpha value is -1.83. The molecule has 2 heteroatoms. The van der Waals surface area contributed by atoms with Crippen LogP contribution in [0.4, 0.5) is 0 Å². The van der Waals surface area contributed by atoms with Crippen molar-refractivity contribution in [3.8, 4) is 0 Å². The summed E-state index contributed by atoms with van der Waals surface area (Å²) in [5.41, 5.74) is 4.40. The fourth-order valence-electron chi connectivity index (χ4n) is 2.80. The second-order valence-corrected chi connectivity index (χ2v) is 6.50. The standard InChI is InChI=1S/C18H20O2/c1-18(2,3)17(19)20-16-14-10-6-4-8-12(14)13-9-5-7-11-15(13)16/h4,6-8,10-11,16H,5,9H2,1-3H3. The Morgan fingerprint density at radius 2 is 2.00 bits per heavy atom. The number of esters is 1. The SMILES string of the molecule is CC(C)(C)C(=O)OC1C2=C(CCC=C2)c2ccccc21. The van der Waals surface area contributed by atoms with Crippen LogP contribution in [0.5, 0.6) is 0 Å². The van der Waals surface area contributed by atoms with Gasteiger partial charge in [0.2, 0.25) is 0 Å². The van der Waals surface area contributed by atoms with E-state index in [1.807, 2.05) is 26.8 Å². The average Bonchev–Trinajstić information content (AvgIpc) is 2.73. The number of carbonyl (C=O) groups is 1. The van der Waals surface area contributed by atoms with Crippen molar-refractivity contribution in [2.45, 2.75) is 39.7 Å². The molecule has 3 rings (SSSR count). The maximum absolute atomic E-state index is 12.2. The average molecular weight is 268 g/mol. The summed E-state index contributed by atoms with van der Waals surface area (Å²) in [6, 6.07) is 8.27. The first-order chi connectivity index (χ1) is 9.48. The lowest BCUT2D eigenvalue weighted by Crippen LogP contribution is -2.25. The number of hydrogen-bond donors (Lipinski definition) is 0. The van der Waals surface area contributed by atoms with Crippen molar-refractivity contribution in [3.63, 3.8) is 0 Å². The Bertz CT molecular complexity index is 615. The molecule has 104 valence electrons. The van der Waals surface area contributed by atoms with Crippen LogP contribution in [0.25, 0.3) is 5.57 Å². The van der Waals surface area contributed by atoms with Gasteiger partial charge in [0.25, 0.3) is 0 Å². The zero-order valence-corrected chi connectivity index (χ0v) is 12.3. The van der Waals surface area contributed by atoms with Gasteiger partial charge in [-0.2, -0.15) is 0 Å². The van der Waals surface area contributed by atoms with Crippen molar-refractivity contribution in [2.75, 3.05) is 0 Å².